The summed E-state index contributed by atoms with van der Waals surface area (Å²) in [6.45, 7) is 2.25. The molecule has 0 aromatic heterocycles. The molecule has 212 valence electrons. The van der Waals surface area contributed by atoms with Crippen LogP contribution >= 0.6 is 11.8 Å². The summed E-state index contributed by atoms with van der Waals surface area (Å²) in [4.78, 5) is 30.0. The van der Waals surface area contributed by atoms with Crippen molar-refractivity contribution in [1.82, 2.24) is 5.32 Å². The first kappa shape index (κ1) is 32.2. The first-order chi connectivity index (χ1) is 20.2. The predicted molar refractivity (Wildman–Crippen MR) is 165 cm³/mol. The molecule has 1 saturated heterocycles. The van der Waals surface area contributed by atoms with E-state index >= 15 is 0 Å². The van der Waals surface area contributed by atoms with Gasteiger partial charge in [0.1, 0.15) is 22.4 Å². The number of carbonyl (C=O) groups excluding carboxylic acids is 2. The number of amidine groups is 1. The fourth-order valence-corrected chi connectivity index (χ4v) is 5.75. The maximum atomic E-state index is 12.7. The molecular weight excluding hydrogens is 593 g/mol. The topological polar surface area (TPSA) is 116 Å². The third-order valence-corrected chi connectivity index (χ3v) is 8.38. The number of carbonyl (C=O) groups is 2. The van der Waals surface area contributed by atoms with Crippen molar-refractivity contribution in [2.45, 2.75) is 24.8 Å². The molecule has 1 aliphatic heterocycles. The zero-order valence-corrected chi connectivity index (χ0v) is 27.2. The number of thioether (sulfide) groups is 1. The molecule has 0 saturated carbocycles. The van der Waals surface area contributed by atoms with Gasteiger partial charge in [-0.2, -0.15) is 0 Å². The van der Waals surface area contributed by atoms with Gasteiger partial charge in [0.2, 0.25) is 0 Å². The SMILES string of the molecule is Cc1ccc(S(=O)(=O)[N-]C(=O)Cc2ccc(N=C3NC(=O)C(=Cc4ccccc4OCc4ccccc4)S3)cc2)cc1.[Na+]. The van der Waals surface area contributed by atoms with E-state index in [1.54, 1.807) is 42.5 Å². The van der Waals surface area contributed by atoms with Gasteiger partial charge in [-0.15, -0.1) is 0 Å². The minimum atomic E-state index is -4.07. The first-order valence-corrected chi connectivity index (χ1v) is 15.2. The Morgan fingerprint density at radius 2 is 1.58 bits per heavy atom. The van der Waals surface area contributed by atoms with Gasteiger partial charge in [-0.1, -0.05) is 78.4 Å². The van der Waals surface area contributed by atoms with E-state index in [0.717, 1.165) is 16.7 Å². The number of benzene rings is 4. The van der Waals surface area contributed by atoms with Crippen molar-refractivity contribution in [3.05, 3.63) is 135 Å². The van der Waals surface area contributed by atoms with Gasteiger partial charge in [0, 0.05) is 12.0 Å². The van der Waals surface area contributed by atoms with Crippen molar-refractivity contribution in [3.8, 4) is 5.75 Å². The van der Waals surface area contributed by atoms with Crippen molar-refractivity contribution in [1.29, 1.82) is 0 Å². The minimum absolute atomic E-state index is 0. The van der Waals surface area contributed by atoms with Crippen LogP contribution in [0, 0.1) is 6.92 Å². The van der Waals surface area contributed by atoms with Crippen molar-refractivity contribution in [3.63, 3.8) is 0 Å². The van der Waals surface area contributed by atoms with Crippen LogP contribution < -0.4 is 39.6 Å². The molecular formula is C32H26N3NaO5S2. The molecule has 1 heterocycles. The normalized spacial score (nSPS) is 14.7. The number of para-hydroxylation sites is 1. The number of nitrogens with one attached hydrogen (secondary N) is 1. The third kappa shape index (κ3) is 8.92. The number of aliphatic imine (C=N–C) groups is 1. The van der Waals surface area contributed by atoms with Crippen molar-refractivity contribution >= 4 is 50.5 Å². The summed E-state index contributed by atoms with van der Waals surface area (Å²) < 4.78 is 34.3. The van der Waals surface area contributed by atoms with Crippen LogP contribution in [0.4, 0.5) is 5.69 Å². The molecule has 4 aromatic carbocycles. The standard InChI is InChI=1S/C32H27N3O5S2.Na/c1-22-11-17-27(18-12-22)42(38,39)35-30(36)19-23-13-15-26(16-14-23)33-32-34-31(37)29(41-32)20-25-9-5-6-10-28(25)40-21-24-7-3-2-4-8-24;/h2-18,20H,19,21H2,1H3,(H2,33,34,35,36,37);/q;+1/p-1. The van der Waals surface area contributed by atoms with Crippen LogP contribution in [0.5, 0.6) is 5.75 Å². The molecule has 1 N–H and O–H groups in total. The number of sulfonamides is 1. The Bertz CT molecular complexity index is 1770. The second-order valence-corrected chi connectivity index (χ2v) is 12.0. The van der Waals surface area contributed by atoms with Gasteiger partial charge in [-0.25, -0.2) is 13.4 Å². The Labute approximate surface area is 277 Å². The largest absolute Gasteiger partial charge is 1.00 e. The van der Waals surface area contributed by atoms with Crippen LogP contribution in [0.2, 0.25) is 0 Å². The van der Waals surface area contributed by atoms with Crippen LogP contribution in [0.1, 0.15) is 22.3 Å². The van der Waals surface area contributed by atoms with Gasteiger partial charge >= 0.3 is 29.6 Å². The molecule has 1 fully saturated rings. The molecule has 0 atom stereocenters. The second kappa shape index (κ2) is 14.7. The molecule has 43 heavy (non-hydrogen) atoms. The molecule has 4 aromatic rings. The Hall–Kier alpha value is -3.67. The van der Waals surface area contributed by atoms with Crippen LogP contribution in [0.15, 0.2) is 118 Å². The Kier molecular flexibility index (Phi) is 11.0. The van der Waals surface area contributed by atoms with Crippen LogP contribution in [0.3, 0.4) is 0 Å². The first-order valence-electron chi connectivity index (χ1n) is 13.0. The third-order valence-electron chi connectivity index (χ3n) is 6.16. The van der Waals surface area contributed by atoms with E-state index in [1.807, 2.05) is 61.5 Å². The summed E-state index contributed by atoms with van der Waals surface area (Å²) in [5, 5.41) is 3.18. The number of ether oxygens (including phenoxy) is 1. The quantitative estimate of drug-likeness (QED) is 0.227. The summed E-state index contributed by atoms with van der Waals surface area (Å²) in [7, 11) is -4.07. The van der Waals surface area contributed by atoms with Crippen LogP contribution in [-0.4, -0.2) is 25.4 Å². The van der Waals surface area contributed by atoms with E-state index in [-0.39, 0.29) is 46.8 Å². The van der Waals surface area contributed by atoms with E-state index in [2.05, 4.69) is 15.0 Å². The molecule has 8 nitrogen and oxygen atoms in total. The second-order valence-electron chi connectivity index (χ2n) is 9.41. The Morgan fingerprint density at radius 3 is 2.30 bits per heavy atom. The predicted octanol–water partition coefficient (Wildman–Crippen LogP) is 3.30. The molecule has 5 rings (SSSR count). The average molecular weight is 620 g/mol. The summed E-state index contributed by atoms with van der Waals surface area (Å²) >= 11 is 1.21. The molecule has 2 amide bonds. The molecule has 1 aliphatic rings. The molecule has 0 bridgehead atoms. The summed E-state index contributed by atoms with van der Waals surface area (Å²) in [5.74, 6) is -0.373. The zero-order chi connectivity index (χ0) is 29.5. The summed E-state index contributed by atoms with van der Waals surface area (Å²) in [6, 6.07) is 30.2. The number of amides is 2. The molecule has 0 unspecified atom stereocenters. The Morgan fingerprint density at radius 1 is 0.907 bits per heavy atom. The minimum Gasteiger partial charge on any atom is -0.541 e. The number of hydrogen-bond acceptors (Lipinski definition) is 7. The summed E-state index contributed by atoms with van der Waals surface area (Å²) in [6.07, 6.45) is 1.60. The molecule has 0 aliphatic carbocycles. The Balaban J connectivity index is 0.00000423. The van der Waals surface area contributed by atoms with E-state index in [1.165, 1.54) is 23.9 Å². The van der Waals surface area contributed by atoms with Gasteiger partial charge in [-0.05, 0) is 66.2 Å². The maximum Gasteiger partial charge on any atom is 1.00 e. The van der Waals surface area contributed by atoms with Crippen molar-refractivity contribution in [2.75, 3.05) is 0 Å². The van der Waals surface area contributed by atoms with Gasteiger partial charge < -0.3 is 19.6 Å². The van der Waals surface area contributed by atoms with Gasteiger partial charge in [0.15, 0.2) is 5.17 Å². The van der Waals surface area contributed by atoms with Crippen LogP contribution in [0.25, 0.3) is 10.8 Å². The van der Waals surface area contributed by atoms with E-state index in [4.69, 9.17) is 4.74 Å². The number of rotatable bonds is 9. The van der Waals surface area contributed by atoms with E-state index in [0.29, 0.717) is 33.7 Å². The molecule has 0 radical (unpaired) electrons. The molecule has 11 heteroatoms. The molecule has 0 spiro atoms. The van der Waals surface area contributed by atoms with Crippen molar-refractivity contribution in [2.24, 2.45) is 4.99 Å². The van der Waals surface area contributed by atoms with Crippen molar-refractivity contribution < 1.29 is 52.3 Å². The van der Waals surface area contributed by atoms with Gasteiger partial charge in [0.05, 0.1) is 21.4 Å². The maximum absolute atomic E-state index is 12.7. The average Bonchev–Trinajstić information content (AvgIpc) is 3.32. The fourth-order valence-electron chi connectivity index (χ4n) is 4.00. The fraction of sp³-hybridized carbons (Fsp3) is 0.0938. The number of aryl methyl sites for hydroxylation is 1. The van der Waals surface area contributed by atoms with Gasteiger partial charge in [-0.3, -0.25) is 4.79 Å². The van der Waals surface area contributed by atoms with Gasteiger partial charge in [0.25, 0.3) is 5.91 Å². The van der Waals surface area contributed by atoms with Crippen LogP contribution in [-0.2, 0) is 32.6 Å². The smallest absolute Gasteiger partial charge is 0.541 e. The monoisotopic (exact) mass is 619 g/mol. The number of hydrogen-bond donors (Lipinski definition) is 1. The van der Waals surface area contributed by atoms with E-state index in [9.17, 15) is 18.0 Å². The zero-order valence-electron chi connectivity index (χ0n) is 23.6. The number of nitrogens with zero attached hydrogens (tertiary/aromatic N) is 2. The van der Waals surface area contributed by atoms with E-state index < -0.39 is 15.9 Å². The summed E-state index contributed by atoms with van der Waals surface area (Å²) in [5.41, 5.74) is 3.87.